The van der Waals surface area contributed by atoms with Crippen molar-refractivity contribution >= 4 is 5.94 Å². The molecule has 0 fully saturated rings. The van der Waals surface area contributed by atoms with Crippen LogP contribution in [-0.2, 0) is 4.79 Å². The lowest BCUT2D eigenvalue weighted by Gasteiger charge is -2.08. The fourth-order valence-electron chi connectivity index (χ4n) is 1.34. The van der Waals surface area contributed by atoms with Gasteiger partial charge in [-0.05, 0) is 30.4 Å². The molecule has 1 atom stereocenters. The molecule has 1 nitrogen and oxygen atoms in total. The van der Waals surface area contributed by atoms with Gasteiger partial charge in [-0.15, -0.1) is 0 Å². The first-order valence-electron chi connectivity index (χ1n) is 4.59. The van der Waals surface area contributed by atoms with E-state index in [1.165, 1.54) is 5.56 Å². The molecule has 0 saturated carbocycles. The molecule has 0 bridgehead atoms. The zero-order valence-electron chi connectivity index (χ0n) is 7.86. The third-order valence-electron chi connectivity index (χ3n) is 2.20. The molecule has 0 heterocycles. The zero-order chi connectivity index (χ0) is 9.52. The van der Waals surface area contributed by atoms with Crippen LogP contribution in [0.15, 0.2) is 36.4 Å². The molecular weight excluding hydrogens is 160 g/mol. The lowest BCUT2D eigenvalue weighted by atomic mass is 9.96. The number of carbonyl (C=O) groups excluding carboxylic acids is 1. The Bertz CT molecular complexity index is 283. The molecular formula is C12H14O. The molecule has 68 valence electrons. The van der Waals surface area contributed by atoms with Crippen LogP contribution in [0.5, 0.6) is 0 Å². The highest BCUT2D eigenvalue weighted by atomic mass is 16.1. The van der Waals surface area contributed by atoms with Gasteiger partial charge in [0.15, 0.2) is 0 Å². The molecule has 0 amide bonds. The molecule has 0 radical (unpaired) electrons. The van der Waals surface area contributed by atoms with Crippen LogP contribution in [0, 0.1) is 0 Å². The summed E-state index contributed by atoms with van der Waals surface area (Å²) in [5.41, 5.74) is 1.33. The Balaban J connectivity index is 2.48. The summed E-state index contributed by atoms with van der Waals surface area (Å²) in [6, 6.07) is 10.3. The lowest BCUT2D eigenvalue weighted by molar-refractivity contribution is 0.567. The highest BCUT2D eigenvalue weighted by molar-refractivity contribution is 5.44. The summed E-state index contributed by atoms with van der Waals surface area (Å²) in [5.74, 6) is 2.32. The van der Waals surface area contributed by atoms with Crippen molar-refractivity contribution in [2.75, 3.05) is 0 Å². The minimum atomic E-state index is 0.519. The van der Waals surface area contributed by atoms with Crippen molar-refractivity contribution in [2.45, 2.75) is 25.7 Å². The van der Waals surface area contributed by atoms with Crippen molar-refractivity contribution in [3.05, 3.63) is 42.0 Å². The molecule has 0 saturated heterocycles. The third-order valence-corrected chi connectivity index (χ3v) is 2.20. The van der Waals surface area contributed by atoms with Gasteiger partial charge in [-0.25, -0.2) is 4.79 Å². The van der Waals surface area contributed by atoms with E-state index in [4.69, 9.17) is 0 Å². The van der Waals surface area contributed by atoms with Crippen LogP contribution < -0.4 is 0 Å². The summed E-state index contributed by atoms with van der Waals surface area (Å²) in [6.07, 6.45) is 3.39. The van der Waals surface area contributed by atoms with E-state index in [0.717, 1.165) is 12.8 Å². The smallest absolute Gasteiger partial charge is 0.120 e. The normalized spacial score (nSPS) is 11.8. The largest absolute Gasteiger partial charge is 0.234 e. The Hall–Kier alpha value is -1.33. The van der Waals surface area contributed by atoms with E-state index in [1.807, 2.05) is 18.2 Å². The van der Waals surface area contributed by atoms with Gasteiger partial charge in [0.1, 0.15) is 5.94 Å². The summed E-state index contributed by atoms with van der Waals surface area (Å²) in [4.78, 5) is 9.94. The van der Waals surface area contributed by atoms with Crippen molar-refractivity contribution in [1.82, 2.24) is 0 Å². The second kappa shape index (κ2) is 5.34. The maximum atomic E-state index is 9.94. The van der Waals surface area contributed by atoms with Crippen molar-refractivity contribution < 1.29 is 4.79 Å². The molecule has 0 spiro atoms. The Labute approximate surface area is 79.1 Å². The van der Waals surface area contributed by atoms with Gasteiger partial charge < -0.3 is 0 Å². The number of rotatable bonds is 4. The Morgan fingerprint density at radius 2 is 2.08 bits per heavy atom. The van der Waals surface area contributed by atoms with E-state index in [-0.39, 0.29) is 0 Å². The van der Waals surface area contributed by atoms with Crippen LogP contribution in [-0.4, -0.2) is 5.94 Å². The van der Waals surface area contributed by atoms with Crippen LogP contribution in [0.4, 0.5) is 0 Å². The fourth-order valence-corrected chi connectivity index (χ4v) is 1.34. The molecule has 0 aromatic heterocycles. The fraction of sp³-hybridized carbons (Fsp3) is 0.333. The van der Waals surface area contributed by atoms with Gasteiger partial charge in [0.05, 0.1) is 0 Å². The van der Waals surface area contributed by atoms with Crippen LogP contribution in [0.1, 0.15) is 31.2 Å². The van der Waals surface area contributed by atoms with Crippen LogP contribution in [0.25, 0.3) is 0 Å². The van der Waals surface area contributed by atoms with Crippen LogP contribution in [0.2, 0.25) is 0 Å². The maximum absolute atomic E-state index is 9.94. The predicted octanol–water partition coefficient (Wildman–Crippen LogP) is 2.96. The van der Waals surface area contributed by atoms with Crippen LogP contribution in [0.3, 0.4) is 0 Å². The minimum absolute atomic E-state index is 0.519. The second-order valence-electron chi connectivity index (χ2n) is 3.21. The second-order valence-corrected chi connectivity index (χ2v) is 3.21. The summed E-state index contributed by atoms with van der Waals surface area (Å²) in [6.45, 7) is 2.17. The highest BCUT2D eigenvalue weighted by Gasteiger charge is 2.02. The topological polar surface area (TPSA) is 17.1 Å². The predicted molar refractivity (Wildman–Crippen MR) is 54.4 cm³/mol. The van der Waals surface area contributed by atoms with Gasteiger partial charge in [-0.1, -0.05) is 37.3 Å². The average molecular weight is 174 g/mol. The maximum Gasteiger partial charge on any atom is 0.120 e. The summed E-state index contributed by atoms with van der Waals surface area (Å²) in [5, 5.41) is 0. The van der Waals surface area contributed by atoms with Gasteiger partial charge in [-0.3, -0.25) is 0 Å². The van der Waals surface area contributed by atoms with E-state index in [1.54, 1.807) is 12.0 Å². The molecule has 1 unspecified atom stereocenters. The highest BCUT2D eigenvalue weighted by Crippen LogP contribution is 2.19. The molecule has 13 heavy (non-hydrogen) atoms. The van der Waals surface area contributed by atoms with Gasteiger partial charge in [0.25, 0.3) is 0 Å². The summed E-state index contributed by atoms with van der Waals surface area (Å²) in [7, 11) is 0. The molecule has 1 heteroatoms. The first-order chi connectivity index (χ1) is 6.34. The molecule has 1 aromatic rings. The monoisotopic (exact) mass is 174 g/mol. The summed E-state index contributed by atoms with van der Waals surface area (Å²) >= 11 is 0. The first-order valence-corrected chi connectivity index (χ1v) is 4.59. The SMILES string of the molecule is CC(CCC=C=O)c1ccccc1. The molecule has 0 aliphatic heterocycles. The Morgan fingerprint density at radius 3 is 2.69 bits per heavy atom. The average Bonchev–Trinajstić information content (AvgIpc) is 2.19. The van der Waals surface area contributed by atoms with Gasteiger partial charge in [-0.2, -0.15) is 0 Å². The zero-order valence-corrected chi connectivity index (χ0v) is 7.86. The van der Waals surface area contributed by atoms with E-state index < -0.39 is 0 Å². The van der Waals surface area contributed by atoms with E-state index in [0.29, 0.717) is 5.92 Å². The molecule has 1 rings (SSSR count). The molecule has 1 aromatic carbocycles. The van der Waals surface area contributed by atoms with Crippen molar-refractivity contribution in [2.24, 2.45) is 0 Å². The summed E-state index contributed by atoms with van der Waals surface area (Å²) < 4.78 is 0. The van der Waals surface area contributed by atoms with E-state index in [9.17, 15) is 4.79 Å². The Kier molecular flexibility index (Phi) is 4.01. The number of benzene rings is 1. The molecule has 0 N–H and O–H groups in total. The third kappa shape index (κ3) is 3.27. The van der Waals surface area contributed by atoms with Crippen molar-refractivity contribution in [3.63, 3.8) is 0 Å². The van der Waals surface area contributed by atoms with Gasteiger partial charge in [0, 0.05) is 0 Å². The first kappa shape index (κ1) is 9.76. The quantitative estimate of drug-likeness (QED) is 0.641. The number of allylic oxidation sites excluding steroid dienone is 1. The molecule has 0 aliphatic carbocycles. The minimum Gasteiger partial charge on any atom is -0.234 e. The number of hydrogen-bond donors (Lipinski definition) is 0. The van der Waals surface area contributed by atoms with Gasteiger partial charge >= 0.3 is 0 Å². The Morgan fingerprint density at radius 1 is 1.38 bits per heavy atom. The van der Waals surface area contributed by atoms with E-state index >= 15 is 0 Å². The standard InChI is InChI=1S/C12H14O/c1-11(7-5-6-10-13)12-8-3-2-4-9-12/h2-4,6,8-9,11H,5,7H2,1H3. The number of hydrogen-bond acceptors (Lipinski definition) is 1. The molecule has 0 aliphatic rings. The van der Waals surface area contributed by atoms with E-state index in [2.05, 4.69) is 19.1 Å². The van der Waals surface area contributed by atoms with Crippen molar-refractivity contribution in [3.8, 4) is 0 Å². The lowest BCUT2D eigenvalue weighted by Crippen LogP contribution is -1.91. The van der Waals surface area contributed by atoms with Gasteiger partial charge in [0.2, 0.25) is 0 Å². The van der Waals surface area contributed by atoms with Crippen molar-refractivity contribution in [1.29, 1.82) is 0 Å². The van der Waals surface area contributed by atoms with Crippen LogP contribution >= 0.6 is 0 Å².